The zero-order valence-corrected chi connectivity index (χ0v) is 10.1. The first-order chi connectivity index (χ1) is 7.83. The number of hydrogen-bond donors (Lipinski definition) is 1. The Balaban J connectivity index is 1.96. The van der Waals surface area contributed by atoms with Gasteiger partial charge in [-0.1, -0.05) is 13.3 Å². The van der Waals surface area contributed by atoms with Gasteiger partial charge in [0.1, 0.15) is 11.5 Å². The maximum Gasteiger partial charge on any atom is 0.118 e. The molecule has 0 saturated carbocycles. The molecule has 0 aliphatic carbocycles. The normalized spacial score (nSPS) is 22.5. The maximum absolute atomic E-state index is 5.66. The highest BCUT2D eigenvalue weighted by molar-refractivity contribution is 5.07. The van der Waals surface area contributed by atoms with Crippen molar-refractivity contribution in [1.82, 2.24) is 4.90 Å². The van der Waals surface area contributed by atoms with Crippen LogP contribution in [-0.2, 0) is 13.1 Å². The Kier molecular flexibility index (Phi) is 4.02. The van der Waals surface area contributed by atoms with E-state index in [0.717, 1.165) is 24.1 Å². The van der Waals surface area contributed by atoms with Crippen molar-refractivity contribution < 1.29 is 4.42 Å². The standard InChI is InChI=1S/C13H22N2O/c1-2-11-5-3-4-8-15(11)10-13-7-6-12(9-14)16-13/h6-7,11H,2-5,8-10,14H2,1H3. The van der Waals surface area contributed by atoms with Gasteiger partial charge in [0.2, 0.25) is 0 Å². The zero-order chi connectivity index (χ0) is 11.4. The van der Waals surface area contributed by atoms with Gasteiger partial charge in [-0.25, -0.2) is 0 Å². The molecule has 3 nitrogen and oxygen atoms in total. The molecule has 1 aromatic rings. The van der Waals surface area contributed by atoms with Gasteiger partial charge in [0.05, 0.1) is 13.1 Å². The van der Waals surface area contributed by atoms with Crippen molar-refractivity contribution in [1.29, 1.82) is 0 Å². The Morgan fingerprint density at radius 2 is 2.19 bits per heavy atom. The van der Waals surface area contributed by atoms with E-state index in [0.29, 0.717) is 6.54 Å². The summed E-state index contributed by atoms with van der Waals surface area (Å²) < 4.78 is 5.66. The number of nitrogens with two attached hydrogens (primary N) is 1. The van der Waals surface area contributed by atoms with Gasteiger partial charge in [0, 0.05) is 6.04 Å². The van der Waals surface area contributed by atoms with E-state index in [4.69, 9.17) is 10.2 Å². The molecule has 1 aromatic heterocycles. The summed E-state index contributed by atoms with van der Waals surface area (Å²) in [6, 6.07) is 4.78. The van der Waals surface area contributed by atoms with Gasteiger partial charge in [-0.15, -0.1) is 0 Å². The molecule has 1 saturated heterocycles. The molecular formula is C13H22N2O. The predicted molar refractivity (Wildman–Crippen MR) is 64.9 cm³/mol. The van der Waals surface area contributed by atoms with Crippen molar-refractivity contribution in [3.05, 3.63) is 23.7 Å². The lowest BCUT2D eigenvalue weighted by Gasteiger charge is -2.34. The molecule has 0 radical (unpaired) electrons. The topological polar surface area (TPSA) is 42.4 Å². The number of hydrogen-bond acceptors (Lipinski definition) is 3. The van der Waals surface area contributed by atoms with Crippen LogP contribution in [0.3, 0.4) is 0 Å². The minimum absolute atomic E-state index is 0.497. The summed E-state index contributed by atoms with van der Waals surface area (Å²) in [6.45, 7) is 4.92. The Morgan fingerprint density at radius 3 is 2.88 bits per heavy atom. The Morgan fingerprint density at radius 1 is 1.38 bits per heavy atom. The number of furan rings is 1. The van der Waals surface area contributed by atoms with Crippen LogP contribution in [0, 0.1) is 0 Å². The van der Waals surface area contributed by atoms with Crippen molar-refractivity contribution in [2.24, 2.45) is 5.73 Å². The molecule has 1 fully saturated rings. The molecule has 3 heteroatoms. The van der Waals surface area contributed by atoms with E-state index >= 15 is 0 Å². The third kappa shape index (κ3) is 2.66. The van der Waals surface area contributed by atoms with E-state index in [1.165, 1.54) is 32.2 Å². The van der Waals surface area contributed by atoms with E-state index in [-0.39, 0.29) is 0 Å². The zero-order valence-electron chi connectivity index (χ0n) is 10.1. The van der Waals surface area contributed by atoms with E-state index in [9.17, 15) is 0 Å². The Bertz CT molecular complexity index is 321. The summed E-state index contributed by atoms with van der Waals surface area (Å²) in [7, 11) is 0. The number of piperidine rings is 1. The molecule has 2 heterocycles. The molecule has 1 atom stereocenters. The molecule has 1 aliphatic rings. The van der Waals surface area contributed by atoms with Crippen LogP contribution in [-0.4, -0.2) is 17.5 Å². The summed E-state index contributed by atoms with van der Waals surface area (Å²) in [5.41, 5.74) is 5.54. The van der Waals surface area contributed by atoms with Gasteiger partial charge in [0.15, 0.2) is 0 Å². The third-order valence-electron chi connectivity index (χ3n) is 3.50. The monoisotopic (exact) mass is 222 g/mol. The first-order valence-corrected chi connectivity index (χ1v) is 6.35. The van der Waals surface area contributed by atoms with Crippen molar-refractivity contribution in [3.8, 4) is 0 Å². The maximum atomic E-state index is 5.66. The van der Waals surface area contributed by atoms with Crippen LogP contribution in [0.15, 0.2) is 16.5 Å². The molecule has 0 bridgehead atoms. The number of likely N-dealkylation sites (tertiary alicyclic amines) is 1. The van der Waals surface area contributed by atoms with Gasteiger partial charge in [-0.2, -0.15) is 0 Å². The number of rotatable bonds is 4. The quantitative estimate of drug-likeness (QED) is 0.851. The average Bonchev–Trinajstić information content (AvgIpc) is 2.77. The molecule has 0 amide bonds. The van der Waals surface area contributed by atoms with Gasteiger partial charge < -0.3 is 10.2 Å². The molecule has 2 rings (SSSR count). The van der Waals surface area contributed by atoms with Crippen LogP contribution in [0.5, 0.6) is 0 Å². The van der Waals surface area contributed by atoms with Crippen LogP contribution >= 0.6 is 0 Å². The lowest BCUT2D eigenvalue weighted by Crippen LogP contribution is -2.38. The third-order valence-corrected chi connectivity index (χ3v) is 3.50. The largest absolute Gasteiger partial charge is 0.463 e. The SMILES string of the molecule is CCC1CCCCN1Cc1ccc(CN)o1. The minimum atomic E-state index is 0.497. The summed E-state index contributed by atoms with van der Waals surface area (Å²) >= 11 is 0. The van der Waals surface area contributed by atoms with Crippen molar-refractivity contribution >= 4 is 0 Å². The van der Waals surface area contributed by atoms with Crippen molar-refractivity contribution in [3.63, 3.8) is 0 Å². The Hall–Kier alpha value is -0.800. The van der Waals surface area contributed by atoms with E-state index in [2.05, 4.69) is 17.9 Å². The predicted octanol–water partition coefficient (Wildman–Crippen LogP) is 2.50. The lowest BCUT2D eigenvalue weighted by atomic mass is 10.00. The van der Waals surface area contributed by atoms with Crippen LogP contribution in [0.4, 0.5) is 0 Å². The van der Waals surface area contributed by atoms with Crippen LogP contribution in [0.2, 0.25) is 0 Å². The molecule has 1 aliphatic heterocycles. The highest BCUT2D eigenvalue weighted by Crippen LogP contribution is 2.22. The summed E-state index contributed by atoms with van der Waals surface area (Å²) in [5, 5.41) is 0. The molecule has 0 aromatic carbocycles. The second kappa shape index (κ2) is 5.51. The molecular weight excluding hydrogens is 200 g/mol. The molecule has 90 valence electrons. The summed E-state index contributed by atoms with van der Waals surface area (Å²) in [4.78, 5) is 2.54. The van der Waals surface area contributed by atoms with Crippen LogP contribution in [0.25, 0.3) is 0 Å². The first kappa shape index (κ1) is 11.7. The van der Waals surface area contributed by atoms with Gasteiger partial charge >= 0.3 is 0 Å². The fraction of sp³-hybridized carbons (Fsp3) is 0.692. The second-order valence-corrected chi connectivity index (χ2v) is 4.60. The van der Waals surface area contributed by atoms with Crippen LogP contribution in [0.1, 0.15) is 44.1 Å². The van der Waals surface area contributed by atoms with Gasteiger partial charge in [-0.05, 0) is 37.9 Å². The number of nitrogens with zero attached hydrogens (tertiary/aromatic N) is 1. The fourth-order valence-electron chi connectivity index (χ4n) is 2.55. The Labute approximate surface area is 97.6 Å². The van der Waals surface area contributed by atoms with Crippen molar-refractivity contribution in [2.75, 3.05) is 6.54 Å². The van der Waals surface area contributed by atoms with Crippen LogP contribution < -0.4 is 5.73 Å². The highest BCUT2D eigenvalue weighted by atomic mass is 16.3. The second-order valence-electron chi connectivity index (χ2n) is 4.60. The van der Waals surface area contributed by atoms with Gasteiger partial charge in [-0.3, -0.25) is 4.90 Å². The minimum Gasteiger partial charge on any atom is -0.463 e. The molecule has 1 unspecified atom stereocenters. The van der Waals surface area contributed by atoms with E-state index < -0.39 is 0 Å². The highest BCUT2D eigenvalue weighted by Gasteiger charge is 2.21. The molecule has 16 heavy (non-hydrogen) atoms. The van der Waals surface area contributed by atoms with Crippen molar-refractivity contribution in [2.45, 2.75) is 51.7 Å². The lowest BCUT2D eigenvalue weighted by molar-refractivity contribution is 0.126. The van der Waals surface area contributed by atoms with E-state index in [1.807, 2.05) is 6.07 Å². The smallest absolute Gasteiger partial charge is 0.118 e. The molecule has 0 spiro atoms. The summed E-state index contributed by atoms with van der Waals surface area (Å²) in [5.74, 6) is 1.95. The molecule has 2 N–H and O–H groups in total. The van der Waals surface area contributed by atoms with E-state index in [1.54, 1.807) is 0 Å². The first-order valence-electron chi connectivity index (χ1n) is 6.35. The van der Waals surface area contributed by atoms with Gasteiger partial charge in [0.25, 0.3) is 0 Å². The fourth-order valence-corrected chi connectivity index (χ4v) is 2.55. The average molecular weight is 222 g/mol. The summed E-state index contributed by atoms with van der Waals surface area (Å²) in [6.07, 6.45) is 5.27.